The lowest BCUT2D eigenvalue weighted by Crippen LogP contribution is -2.36. The summed E-state index contributed by atoms with van der Waals surface area (Å²) in [6.45, 7) is 12.2. The van der Waals surface area contributed by atoms with Crippen LogP contribution >= 0.6 is 0 Å². The zero-order valence-electron chi connectivity index (χ0n) is 11.1. The van der Waals surface area contributed by atoms with E-state index in [0.29, 0.717) is 11.3 Å². The van der Waals surface area contributed by atoms with E-state index in [1.165, 1.54) is 6.42 Å². The van der Waals surface area contributed by atoms with Gasteiger partial charge in [0.05, 0.1) is 6.61 Å². The van der Waals surface area contributed by atoms with E-state index in [9.17, 15) is 0 Å². The molecule has 0 aromatic heterocycles. The minimum Gasteiger partial charge on any atom is -0.381 e. The first-order valence-electron chi connectivity index (χ1n) is 6.55. The monoisotopic (exact) mass is 229 g/mol. The topological polar surface area (TPSA) is 30.5 Å². The smallest absolute Gasteiger partial charge is 0.0536 e. The fraction of sp³-hybridized carbons (Fsp3) is 1.00. The molecule has 1 aliphatic rings. The predicted molar refractivity (Wildman–Crippen MR) is 66.7 cm³/mol. The fourth-order valence-corrected chi connectivity index (χ4v) is 2.07. The fourth-order valence-electron chi connectivity index (χ4n) is 2.07. The SMILES string of the molecule is CCNCC1(CCOCC(C)C)CCOC1. The zero-order chi connectivity index (χ0) is 11.9. The highest BCUT2D eigenvalue weighted by Crippen LogP contribution is 2.31. The summed E-state index contributed by atoms with van der Waals surface area (Å²) in [7, 11) is 0. The van der Waals surface area contributed by atoms with E-state index < -0.39 is 0 Å². The quantitative estimate of drug-likeness (QED) is 0.646. The second-order valence-corrected chi connectivity index (χ2v) is 5.30. The molecule has 0 radical (unpaired) electrons. The Morgan fingerprint density at radius 3 is 2.81 bits per heavy atom. The Morgan fingerprint density at radius 2 is 2.25 bits per heavy atom. The summed E-state index contributed by atoms with van der Waals surface area (Å²) in [5, 5.41) is 3.45. The first kappa shape index (κ1) is 13.9. The average Bonchev–Trinajstić information content (AvgIpc) is 2.71. The molecule has 0 spiro atoms. The van der Waals surface area contributed by atoms with Gasteiger partial charge in [-0.05, 0) is 25.3 Å². The maximum atomic E-state index is 5.68. The summed E-state index contributed by atoms with van der Waals surface area (Å²) < 4.78 is 11.2. The number of nitrogens with one attached hydrogen (secondary N) is 1. The van der Waals surface area contributed by atoms with Crippen LogP contribution in [0.4, 0.5) is 0 Å². The summed E-state index contributed by atoms with van der Waals surface area (Å²) in [6, 6.07) is 0. The predicted octanol–water partition coefficient (Wildman–Crippen LogP) is 2.07. The van der Waals surface area contributed by atoms with E-state index >= 15 is 0 Å². The van der Waals surface area contributed by atoms with Gasteiger partial charge in [0.15, 0.2) is 0 Å². The summed E-state index contributed by atoms with van der Waals surface area (Å²) in [5.41, 5.74) is 0.326. The van der Waals surface area contributed by atoms with Gasteiger partial charge in [-0.15, -0.1) is 0 Å². The summed E-state index contributed by atoms with van der Waals surface area (Å²) in [4.78, 5) is 0. The summed E-state index contributed by atoms with van der Waals surface area (Å²) >= 11 is 0. The molecule has 0 bridgehead atoms. The van der Waals surface area contributed by atoms with Crippen LogP contribution in [-0.2, 0) is 9.47 Å². The second-order valence-electron chi connectivity index (χ2n) is 5.30. The molecule has 1 unspecified atom stereocenters. The van der Waals surface area contributed by atoms with Crippen molar-refractivity contribution in [3.05, 3.63) is 0 Å². The van der Waals surface area contributed by atoms with Gasteiger partial charge in [-0.1, -0.05) is 20.8 Å². The third-order valence-corrected chi connectivity index (χ3v) is 3.16. The number of ether oxygens (including phenoxy) is 2. The van der Waals surface area contributed by atoms with Gasteiger partial charge in [0.1, 0.15) is 0 Å². The van der Waals surface area contributed by atoms with Gasteiger partial charge in [0.25, 0.3) is 0 Å². The van der Waals surface area contributed by atoms with Crippen LogP contribution < -0.4 is 5.32 Å². The molecule has 1 heterocycles. The molecule has 0 saturated carbocycles. The molecule has 16 heavy (non-hydrogen) atoms. The van der Waals surface area contributed by atoms with Gasteiger partial charge in [0, 0.05) is 31.8 Å². The molecule has 1 fully saturated rings. The second kappa shape index (κ2) is 7.25. The first-order chi connectivity index (χ1) is 7.68. The van der Waals surface area contributed by atoms with Gasteiger partial charge in [-0.25, -0.2) is 0 Å². The first-order valence-corrected chi connectivity index (χ1v) is 6.55. The van der Waals surface area contributed by atoms with E-state index in [-0.39, 0.29) is 0 Å². The van der Waals surface area contributed by atoms with Gasteiger partial charge in [0.2, 0.25) is 0 Å². The lowest BCUT2D eigenvalue weighted by molar-refractivity contribution is 0.0675. The molecule has 0 aromatic rings. The Balaban J connectivity index is 2.22. The van der Waals surface area contributed by atoms with Crippen molar-refractivity contribution in [2.45, 2.75) is 33.6 Å². The minimum absolute atomic E-state index is 0.326. The molecule has 0 aliphatic carbocycles. The Hall–Kier alpha value is -0.120. The molecule has 1 rings (SSSR count). The Morgan fingerprint density at radius 1 is 1.44 bits per heavy atom. The van der Waals surface area contributed by atoms with E-state index in [4.69, 9.17) is 9.47 Å². The van der Waals surface area contributed by atoms with Crippen molar-refractivity contribution in [3.8, 4) is 0 Å². The maximum Gasteiger partial charge on any atom is 0.0536 e. The van der Waals surface area contributed by atoms with Crippen molar-refractivity contribution in [2.75, 3.05) is 39.5 Å². The van der Waals surface area contributed by atoms with Crippen LogP contribution in [0.25, 0.3) is 0 Å². The largest absolute Gasteiger partial charge is 0.381 e. The maximum absolute atomic E-state index is 5.68. The molecule has 1 atom stereocenters. The number of hydrogen-bond acceptors (Lipinski definition) is 3. The van der Waals surface area contributed by atoms with Crippen LogP contribution in [0.3, 0.4) is 0 Å². The van der Waals surface area contributed by atoms with Crippen molar-refractivity contribution in [3.63, 3.8) is 0 Å². The van der Waals surface area contributed by atoms with E-state index in [1.807, 2.05) is 0 Å². The van der Waals surface area contributed by atoms with Crippen molar-refractivity contribution < 1.29 is 9.47 Å². The molecule has 3 nitrogen and oxygen atoms in total. The van der Waals surface area contributed by atoms with Crippen LogP contribution in [0.2, 0.25) is 0 Å². The van der Waals surface area contributed by atoms with Gasteiger partial charge < -0.3 is 14.8 Å². The van der Waals surface area contributed by atoms with Gasteiger partial charge in [-0.3, -0.25) is 0 Å². The molecule has 1 saturated heterocycles. The lowest BCUT2D eigenvalue weighted by atomic mass is 9.84. The average molecular weight is 229 g/mol. The molecule has 1 aliphatic heterocycles. The molecular weight excluding hydrogens is 202 g/mol. The Bertz CT molecular complexity index is 177. The zero-order valence-corrected chi connectivity index (χ0v) is 11.1. The highest BCUT2D eigenvalue weighted by molar-refractivity contribution is 4.85. The van der Waals surface area contributed by atoms with Crippen LogP contribution in [0, 0.1) is 11.3 Å². The lowest BCUT2D eigenvalue weighted by Gasteiger charge is -2.27. The van der Waals surface area contributed by atoms with E-state index in [1.54, 1.807) is 0 Å². The summed E-state index contributed by atoms with van der Waals surface area (Å²) in [6.07, 6.45) is 2.29. The van der Waals surface area contributed by atoms with Crippen LogP contribution in [0.5, 0.6) is 0 Å². The highest BCUT2D eigenvalue weighted by Gasteiger charge is 2.33. The van der Waals surface area contributed by atoms with Gasteiger partial charge >= 0.3 is 0 Å². The third kappa shape index (κ3) is 4.81. The van der Waals surface area contributed by atoms with Gasteiger partial charge in [-0.2, -0.15) is 0 Å². The van der Waals surface area contributed by atoms with Crippen molar-refractivity contribution in [1.82, 2.24) is 5.32 Å². The van der Waals surface area contributed by atoms with Crippen molar-refractivity contribution >= 4 is 0 Å². The number of hydrogen-bond donors (Lipinski definition) is 1. The minimum atomic E-state index is 0.326. The molecular formula is C13H27NO2. The van der Waals surface area contributed by atoms with E-state index in [0.717, 1.165) is 45.9 Å². The van der Waals surface area contributed by atoms with Crippen LogP contribution in [-0.4, -0.2) is 39.5 Å². The van der Waals surface area contributed by atoms with Crippen LogP contribution in [0.1, 0.15) is 33.6 Å². The standard InChI is InChI=1S/C13H27NO2/c1-4-14-10-13(6-8-16-11-13)5-7-15-9-12(2)3/h12,14H,4-11H2,1-3H3. The molecule has 0 aromatic carbocycles. The molecule has 0 amide bonds. The van der Waals surface area contributed by atoms with Crippen molar-refractivity contribution in [2.24, 2.45) is 11.3 Å². The van der Waals surface area contributed by atoms with Crippen molar-refractivity contribution in [1.29, 1.82) is 0 Å². The van der Waals surface area contributed by atoms with Crippen LogP contribution in [0.15, 0.2) is 0 Å². The molecule has 3 heteroatoms. The Kier molecular flexibility index (Phi) is 6.32. The molecule has 96 valence electrons. The molecule has 1 N–H and O–H groups in total. The summed E-state index contributed by atoms with van der Waals surface area (Å²) in [5.74, 6) is 0.629. The van der Waals surface area contributed by atoms with E-state index in [2.05, 4.69) is 26.1 Å². The third-order valence-electron chi connectivity index (χ3n) is 3.16. The normalized spacial score (nSPS) is 25.5. The Labute approximate surface area is 99.9 Å². The number of rotatable bonds is 8. The highest BCUT2D eigenvalue weighted by atomic mass is 16.5.